The first kappa shape index (κ1) is 12.6. The van der Waals surface area contributed by atoms with E-state index in [9.17, 15) is 4.79 Å². The Bertz CT molecular complexity index is 106. The molecular formula is C6H13FeNO2. The molecule has 0 bridgehead atoms. The average Bonchev–Trinajstić information content (AvgIpc) is 1.63. The molecule has 0 aliphatic heterocycles. The molecule has 0 aliphatic carbocycles. The van der Waals surface area contributed by atoms with E-state index in [-0.39, 0.29) is 17.1 Å². The fourth-order valence-electron chi connectivity index (χ4n) is 0.609. The van der Waals surface area contributed by atoms with Gasteiger partial charge in [-0.15, -0.1) is 0 Å². The molecule has 0 radical (unpaired) electrons. The van der Waals surface area contributed by atoms with Crippen molar-refractivity contribution in [1.82, 2.24) is 0 Å². The molecule has 0 aromatic rings. The molecule has 3 N–H and O–H groups in total. The van der Waals surface area contributed by atoms with Crippen LogP contribution in [0.5, 0.6) is 0 Å². The first-order valence-corrected chi connectivity index (χ1v) is 3.02. The number of nitrogens with two attached hydrogens (primary N) is 1. The summed E-state index contributed by atoms with van der Waals surface area (Å²) >= 11 is 0. The maximum Gasteiger partial charge on any atom is 0.320 e. The quantitative estimate of drug-likeness (QED) is 0.630. The minimum absolute atomic E-state index is 0. The Hall–Kier alpha value is -0.0505. The summed E-state index contributed by atoms with van der Waals surface area (Å²) in [6.07, 6.45) is 0.551. The van der Waals surface area contributed by atoms with Gasteiger partial charge in [0.2, 0.25) is 0 Å². The molecule has 62 valence electrons. The van der Waals surface area contributed by atoms with E-state index in [1.54, 1.807) is 0 Å². The Kier molecular flexibility index (Phi) is 7.20. The average molecular weight is 187 g/mol. The zero-order valence-electron chi connectivity index (χ0n) is 6.15. The van der Waals surface area contributed by atoms with E-state index in [1.807, 2.05) is 13.8 Å². The van der Waals surface area contributed by atoms with E-state index < -0.39 is 12.0 Å². The van der Waals surface area contributed by atoms with Gasteiger partial charge in [-0.05, 0) is 12.3 Å². The van der Waals surface area contributed by atoms with Crippen molar-refractivity contribution in [1.29, 1.82) is 0 Å². The van der Waals surface area contributed by atoms with Gasteiger partial charge < -0.3 is 10.8 Å². The summed E-state index contributed by atoms with van der Waals surface area (Å²) in [6, 6.07) is -0.690. The van der Waals surface area contributed by atoms with Crippen molar-refractivity contribution in [3.8, 4) is 0 Å². The Morgan fingerprint density at radius 3 is 2.10 bits per heavy atom. The van der Waals surface area contributed by atoms with Gasteiger partial charge in [-0.1, -0.05) is 13.8 Å². The summed E-state index contributed by atoms with van der Waals surface area (Å²) in [7, 11) is 0. The monoisotopic (exact) mass is 187 g/mol. The summed E-state index contributed by atoms with van der Waals surface area (Å²) in [4.78, 5) is 10.1. The molecular weight excluding hydrogens is 174 g/mol. The van der Waals surface area contributed by atoms with Crippen molar-refractivity contribution < 1.29 is 27.0 Å². The number of carboxylic acids is 1. The molecule has 0 amide bonds. The smallest absolute Gasteiger partial charge is 0.320 e. The number of hydrogen-bond donors (Lipinski definition) is 2. The topological polar surface area (TPSA) is 63.3 Å². The summed E-state index contributed by atoms with van der Waals surface area (Å²) < 4.78 is 0. The van der Waals surface area contributed by atoms with Crippen LogP contribution in [-0.4, -0.2) is 17.1 Å². The van der Waals surface area contributed by atoms with Gasteiger partial charge in [-0.3, -0.25) is 4.79 Å². The standard InChI is InChI=1S/C6H13NO2.Fe/c1-4(2)3-5(7)6(8)9;/h4-5H,3,7H2,1-2H3,(H,8,9);. The molecule has 1 atom stereocenters. The maximum absolute atomic E-state index is 10.1. The molecule has 10 heavy (non-hydrogen) atoms. The molecule has 0 aromatic carbocycles. The fourth-order valence-corrected chi connectivity index (χ4v) is 0.609. The van der Waals surface area contributed by atoms with Crippen LogP contribution < -0.4 is 5.73 Å². The molecule has 0 spiro atoms. The van der Waals surface area contributed by atoms with Gasteiger partial charge in [0, 0.05) is 17.1 Å². The van der Waals surface area contributed by atoms with Crippen molar-refractivity contribution >= 4 is 5.97 Å². The molecule has 0 aliphatic rings. The van der Waals surface area contributed by atoms with E-state index in [2.05, 4.69) is 0 Å². The van der Waals surface area contributed by atoms with Gasteiger partial charge in [0.05, 0.1) is 0 Å². The molecule has 0 aromatic heterocycles. The number of carbonyl (C=O) groups is 1. The van der Waals surface area contributed by atoms with Crippen molar-refractivity contribution in [2.75, 3.05) is 0 Å². The van der Waals surface area contributed by atoms with Crippen LogP contribution >= 0.6 is 0 Å². The minimum Gasteiger partial charge on any atom is -0.480 e. The van der Waals surface area contributed by atoms with E-state index >= 15 is 0 Å². The van der Waals surface area contributed by atoms with Crippen LogP contribution in [-0.2, 0) is 21.9 Å². The van der Waals surface area contributed by atoms with Crippen molar-refractivity contribution in [3.05, 3.63) is 0 Å². The van der Waals surface area contributed by atoms with Gasteiger partial charge in [0.25, 0.3) is 0 Å². The van der Waals surface area contributed by atoms with Gasteiger partial charge in [-0.2, -0.15) is 0 Å². The van der Waals surface area contributed by atoms with Crippen LogP contribution in [0.1, 0.15) is 20.3 Å². The Morgan fingerprint density at radius 1 is 1.60 bits per heavy atom. The second-order valence-electron chi connectivity index (χ2n) is 2.57. The molecule has 4 heteroatoms. The molecule has 3 nitrogen and oxygen atoms in total. The van der Waals surface area contributed by atoms with Crippen LogP contribution in [0.4, 0.5) is 0 Å². The number of hydrogen-bond acceptors (Lipinski definition) is 2. The van der Waals surface area contributed by atoms with Crippen molar-refractivity contribution in [3.63, 3.8) is 0 Å². The third-order valence-corrected chi connectivity index (χ3v) is 1.04. The van der Waals surface area contributed by atoms with Crippen molar-refractivity contribution in [2.45, 2.75) is 26.3 Å². The van der Waals surface area contributed by atoms with Gasteiger partial charge >= 0.3 is 5.97 Å². The summed E-state index contributed by atoms with van der Waals surface area (Å²) in [5, 5.41) is 8.31. The summed E-state index contributed by atoms with van der Waals surface area (Å²) in [6.45, 7) is 3.89. The molecule has 0 fully saturated rings. The molecule has 0 saturated carbocycles. The summed E-state index contributed by atoms with van der Waals surface area (Å²) in [5.41, 5.74) is 5.22. The zero-order valence-corrected chi connectivity index (χ0v) is 7.25. The maximum atomic E-state index is 10.1. The SMILES string of the molecule is CC(C)CC(N)C(=O)O.[Fe]. The minimum atomic E-state index is -0.913. The number of rotatable bonds is 3. The first-order valence-electron chi connectivity index (χ1n) is 3.02. The molecule has 0 heterocycles. The molecule has 0 rings (SSSR count). The van der Waals surface area contributed by atoms with Crippen molar-refractivity contribution in [2.24, 2.45) is 11.7 Å². The van der Waals surface area contributed by atoms with Gasteiger partial charge in [0.15, 0.2) is 0 Å². The van der Waals surface area contributed by atoms with E-state index in [0.29, 0.717) is 12.3 Å². The first-order chi connectivity index (χ1) is 4.04. The fraction of sp³-hybridized carbons (Fsp3) is 0.833. The van der Waals surface area contributed by atoms with Gasteiger partial charge in [-0.25, -0.2) is 0 Å². The zero-order chi connectivity index (χ0) is 7.44. The molecule has 0 saturated heterocycles. The Balaban J connectivity index is 0. The third kappa shape index (κ3) is 6.08. The van der Waals surface area contributed by atoms with Crippen LogP contribution in [0.2, 0.25) is 0 Å². The molecule has 1 unspecified atom stereocenters. The van der Waals surface area contributed by atoms with Gasteiger partial charge in [0.1, 0.15) is 6.04 Å². The van der Waals surface area contributed by atoms with E-state index in [4.69, 9.17) is 10.8 Å². The number of aliphatic carboxylic acids is 1. The normalized spacial score (nSPS) is 12.4. The predicted molar refractivity (Wildman–Crippen MR) is 35.1 cm³/mol. The predicted octanol–water partition coefficient (Wildman–Crippen LogP) is 0.442. The summed E-state index contributed by atoms with van der Waals surface area (Å²) in [5.74, 6) is -0.556. The van der Waals surface area contributed by atoms with Crippen LogP contribution in [0, 0.1) is 5.92 Å². The number of carboxylic acid groups (broad SMARTS) is 1. The third-order valence-electron chi connectivity index (χ3n) is 1.04. The van der Waals surface area contributed by atoms with Crippen LogP contribution in [0.3, 0.4) is 0 Å². The second kappa shape index (κ2) is 5.71. The van der Waals surface area contributed by atoms with E-state index in [0.717, 1.165) is 0 Å². The Labute approximate surface area is 71.5 Å². The van der Waals surface area contributed by atoms with Crippen LogP contribution in [0.15, 0.2) is 0 Å². The van der Waals surface area contributed by atoms with Crippen LogP contribution in [0.25, 0.3) is 0 Å². The largest absolute Gasteiger partial charge is 0.480 e. The second-order valence-corrected chi connectivity index (χ2v) is 2.57. The Morgan fingerprint density at radius 2 is 2.00 bits per heavy atom. The van der Waals surface area contributed by atoms with E-state index in [1.165, 1.54) is 0 Å².